The third-order valence-corrected chi connectivity index (χ3v) is 18.8. The first-order valence-corrected chi connectivity index (χ1v) is 31.0. The quantitative estimate of drug-likeness (QED) is 0.0336. The lowest BCUT2D eigenvalue weighted by Crippen LogP contribution is -2.52. The molecule has 11 N–H and O–H groups in total. The van der Waals surface area contributed by atoms with Gasteiger partial charge in [-0.05, 0) is 218 Å². The Morgan fingerprint density at radius 1 is 0.631 bits per heavy atom. The number of hydrogen-bond donors (Lipinski definition) is 8. The van der Waals surface area contributed by atoms with E-state index in [0.29, 0.717) is 80.9 Å². The summed E-state index contributed by atoms with van der Waals surface area (Å²) in [6.07, 6.45) is 13.0. The Morgan fingerprint density at radius 3 is 1.87 bits per heavy atom. The van der Waals surface area contributed by atoms with Gasteiger partial charge < -0.3 is 53.4 Å². The van der Waals surface area contributed by atoms with Crippen LogP contribution >= 0.6 is 0 Å². The number of nitrogens with zero attached hydrogens (tertiary/aromatic N) is 3. The normalized spacial score (nSPS) is 24.1. The molecule has 0 aromatic heterocycles. The van der Waals surface area contributed by atoms with Crippen LogP contribution in [0.3, 0.4) is 0 Å². The zero-order valence-corrected chi connectivity index (χ0v) is 49.5. The molecule has 11 rings (SSSR count). The Labute approximate surface area is 496 Å². The van der Waals surface area contributed by atoms with Crippen molar-refractivity contribution >= 4 is 63.2 Å². The summed E-state index contributed by atoms with van der Waals surface area (Å²) in [6, 6.07) is 44.1. The minimum absolute atomic E-state index is 0.193. The highest BCUT2D eigenvalue weighted by atomic mass is 16.5. The molecule has 3 amide bonds. The number of hydrogen-bond acceptors (Lipinski definition) is 12. The summed E-state index contributed by atoms with van der Waals surface area (Å²) in [7, 11) is 2.22. The van der Waals surface area contributed by atoms with Gasteiger partial charge in [-0.15, -0.1) is 0 Å². The second kappa shape index (κ2) is 26.1. The first-order valence-electron chi connectivity index (χ1n) is 31.0. The van der Waals surface area contributed by atoms with Crippen molar-refractivity contribution in [3.8, 4) is 5.75 Å². The molecule has 15 heteroatoms. The van der Waals surface area contributed by atoms with E-state index in [2.05, 4.69) is 81.2 Å². The van der Waals surface area contributed by atoms with Crippen molar-refractivity contribution in [3.05, 3.63) is 161 Å². The zero-order valence-electron chi connectivity index (χ0n) is 49.5. The maximum absolute atomic E-state index is 13.8. The second-order valence-corrected chi connectivity index (χ2v) is 25.0. The van der Waals surface area contributed by atoms with Crippen LogP contribution in [0.25, 0.3) is 0 Å². The minimum atomic E-state index is -0.205. The lowest BCUT2D eigenvalue weighted by Gasteiger charge is -2.45. The van der Waals surface area contributed by atoms with E-state index in [-0.39, 0.29) is 41.8 Å². The van der Waals surface area contributed by atoms with E-state index in [0.717, 1.165) is 118 Å². The van der Waals surface area contributed by atoms with Gasteiger partial charge >= 0.3 is 0 Å². The number of rotatable bonds is 20. The summed E-state index contributed by atoms with van der Waals surface area (Å²) in [6.45, 7) is 11.3. The maximum atomic E-state index is 13.8. The molecule has 8 unspecified atom stereocenters. The van der Waals surface area contributed by atoms with E-state index >= 15 is 0 Å². The molecule has 1 aliphatic carbocycles. The van der Waals surface area contributed by atoms with E-state index < -0.39 is 0 Å². The van der Waals surface area contributed by atoms with Crippen molar-refractivity contribution in [1.29, 1.82) is 0 Å². The molecule has 15 nitrogen and oxygen atoms in total. The zero-order chi connectivity index (χ0) is 58.4. The number of fused-ring (bicyclic) bond motifs is 2. The molecule has 442 valence electrons. The van der Waals surface area contributed by atoms with Crippen LogP contribution in [0.2, 0.25) is 0 Å². The number of benzene rings is 6. The van der Waals surface area contributed by atoms with Crippen molar-refractivity contribution in [2.75, 3.05) is 77.0 Å². The van der Waals surface area contributed by atoms with Crippen LogP contribution in [-0.4, -0.2) is 108 Å². The highest BCUT2D eigenvalue weighted by Gasteiger charge is 2.46. The van der Waals surface area contributed by atoms with Crippen LogP contribution in [-0.2, 0) is 6.42 Å². The molecular weight excluding hydrogens is 1050 g/mol. The van der Waals surface area contributed by atoms with Gasteiger partial charge in [0.05, 0.1) is 40.2 Å². The van der Waals surface area contributed by atoms with Gasteiger partial charge in [0.15, 0.2) is 0 Å². The molecule has 6 aromatic carbocycles. The molecule has 6 aromatic rings. The highest BCUT2D eigenvalue weighted by Crippen LogP contribution is 2.47. The summed E-state index contributed by atoms with van der Waals surface area (Å²) in [4.78, 5) is 48.1. The van der Waals surface area contributed by atoms with Crippen molar-refractivity contribution < 1.29 is 19.1 Å². The summed E-state index contributed by atoms with van der Waals surface area (Å²) < 4.78 is 6.41. The monoisotopic (exact) mass is 1130 g/mol. The second-order valence-electron chi connectivity index (χ2n) is 25.0. The van der Waals surface area contributed by atoms with E-state index in [1.54, 1.807) is 12.1 Å². The average molecular weight is 1130 g/mol. The first-order chi connectivity index (χ1) is 40.7. The SMILES string of the molecule is CCC1CC(Nc2ccc(C(=O)Nc3ccccc3N)cc2)CC(C)N1CC(C)Cc1cccc(NC(=O)c2ccc(NC3CC4CC(c5cccc(NC(=O)c6ccc(O[C@@H]7CCCN(CC8CC8)CC7)cc6)c5N)C(C3)N4C)cc2)c1N. The highest BCUT2D eigenvalue weighted by molar-refractivity contribution is 6.07. The Bertz CT molecular complexity index is 3240. The van der Waals surface area contributed by atoms with Gasteiger partial charge in [0.25, 0.3) is 17.7 Å². The van der Waals surface area contributed by atoms with Crippen molar-refractivity contribution in [1.82, 2.24) is 14.7 Å². The van der Waals surface area contributed by atoms with Crippen molar-refractivity contribution in [3.63, 3.8) is 0 Å². The fourth-order valence-corrected chi connectivity index (χ4v) is 14.0. The molecule has 5 fully saturated rings. The van der Waals surface area contributed by atoms with Crippen LogP contribution in [0.4, 0.5) is 45.5 Å². The van der Waals surface area contributed by atoms with Crippen molar-refractivity contribution in [2.45, 2.75) is 146 Å². The van der Waals surface area contributed by atoms with Gasteiger partial charge in [-0.25, -0.2) is 0 Å². The number of para-hydroxylation sites is 4. The summed E-state index contributed by atoms with van der Waals surface area (Å²) in [5.74, 6) is 1.67. The number of nitrogens with one attached hydrogen (secondary N) is 5. The molecule has 5 aliphatic rings. The lowest BCUT2D eigenvalue weighted by molar-refractivity contribution is 0.0686. The molecule has 4 heterocycles. The van der Waals surface area contributed by atoms with Crippen LogP contribution in [0.1, 0.15) is 140 Å². The van der Waals surface area contributed by atoms with E-state index in [9.17, 15) is 14.4 Å². The van der Waals surface area contributed by atoms with Crippen LogP contribution < -0.4 is 48.5 Å². The van der Waals surface area contributed by atoms with Gasteiger partial charge in [0.1, 0.15) is 5.75 Å². The van der Waals surface area contributed by atoms with Gasteiger partial charge in [-0.2, -0.15) is 0 Å². The number of ether oxygens (including phenoxy) is 1. The van der Waals surface area contributed by atoms with E-state index in [4.69, 9.17) is 21.9 Å². The van der Waals surface area contributed by atoms with Gasteiger partial charge in [-0.3, -0.25) is 24.2 Å². The average Bonchev–Trinajstić information content (AvgIpc) is 2.81. The van der Waals surface area contributed by atoms with Crippen LogP contribution in [0.15, 0.2) is 133 Å². The standard InChI is InChI=1S/C69H87N11O4/c1-5-54-37-52(73-50-26-20-46(21-27-50)67(81)75-61-15-7-6-14-60(61)70)36-44(3)80(54)41-43(2)35-49-11-8-16-62(65(49)71)76-68(82)47-22-28-51(29-23-47)74-53-38-55-40-59(64(39-53)78(55)4)58-13-9-17-63(66(58)72)77-69(83)48-24-30-57(31-25-48)84-56-12-10-33-79(34-32-56)42-45-18-19-45/h6-9,11,13-17,20-31,43-45,52-56,59,64,73-74H,5,10,12,18-19,32-42,70-72H2,1-4H3,(H,75,81)(H,76,82)(H,77,83)/t43?,44?,52?,53?,54?,55?,56-,59?,64?/m1/s1. The molecule has 2 bridgehead atoms. The number of anilines is 8. The fourth-order valence-electron chi connectivity index (χ4n) is 14.0. The van der Waals surface area contributed by atoms with Crippen molar-refractivity contribution in [2.24, 2.45) is 11.8 Å². The number of likely N-dealkylation sites (N-methyl/N-ethyl adjacent to an activating group) is 1. The number of nitrogen functional groups attached to an aromatic ring is 3. The summed E-state index contributed by atoms with van der Waals surface area (Å²) >= 11 is 0. The number of likely N-dealkylation sites (tertiary alicyclic amines) is 2. The predicted molar refractivity (Wildman–Crippen MR) is 342 cm³/mol. The molecule has 84 heavy (non-hydrogen) atoms. The number of carbonyl (C=O) groups excluding carboxylic acids is 3. The number of nitrogens with two attached hydrogens (primary N) is 3. The third kappa shape index (κ3) is 14.0. The topological polar surface area (TPSA) is 208 Å². The Balaban J connectivity index is 0.636. The molecule has 0 radical (unpaired) electrons. The number of piperidine rings is 2. The first kappa shape index (κ1) is 58.2. The summed E-state index contributed by atoms with van der Waals surface area (Å²) in [5.41, 5.74) is 29.2. The predicted octanol–water partition coefficient (Wildman–Crippen LogP) is 12.2. The Kier molecular flexibility index (Phi) is 18.1. The van der Waals surface area contributed by atoms with Crippen LogP contribution in [0.5, 0.6) is 5.75 Å². The van der Waals surface area contributed by atoms with Gasteiger partial charge in [0.2, 0.25) is 0 Å². The lowest BCUT2D eigenvalue weighted by atomic mass is 9.88. The smallest absolute Gasteiger partial charge is 0.255 e. The summed E-state index contributed by atoms with van der Waals surface area (Å²) in [5, 5.41) is 16.7. The van der Waals surface area contributed by atoms with Gasteiger partial charge in [-0.1, -0.05) is 50.2 Å². The molecular formula is C69H87N11O4. The molecule has 1 saturated carbocycles. The Morgan fingerprint density at radius 2 is 1.23 bits per heavy atom. The minimum Gasteiger partial charge on any atom is -0.490 e. The van der Waals surface area contributed by atoms with E-state index in [1.807, 2.05) is 109 Å². The third-order valence-electron chi connectivity index (χ3n) is 18.8. The number of amides is 3. The van der Waals surface area contributed by atoms with Gasteiger partial charge in [0, 0.05) is 89.9 Å². The number of carbonyl (C=O) groups is 3. The van der Waals surface area contributed by atoms with Crippen LogP contribution in [0, 0.1) is 11.8 Å². The molecule has 9 atom stereocenters. The maximum Gasteiger partial charge on any atom is 0.255 e. The fraction of sp³-hybridized carbons (Fsp3) is 0.435. The molecule has 4 aliphatic heterocycles. The molecule has 4 saturated heterocycles. The molecule has 0 spiro atoms. The van der Waals surface area contributed by atoms with E-state index in [1.165, 1.54) is 19.4 Å². The Hall–Kier alpha value is -7.59. The largest absolute Gasteiger partial charge is 0.490 e.